The van der Waals surface area contributed by atoms with E-state index < -0.39 is 9.84 Å². The zero-order valence-electron chi connectivity index (χ0n) is 14.6. The Kier molecular flexibility index (Phi) is 4.38. The molecule has 0 spiro atoms. The summed E-state index contributed by atoms with van der Waals surface area (Å²) in [6.07, 6.45) is 0. The molecule has 2 heterocycles. The summed E-state index contributed by atoms with van der Waals surface area (Å²) in [4.78, 5) is 7.14. The van der Waals surface area contributed by atoms with Gasteiger partial charge < -0.3 is 10.2 Å². The molecule has 4 rings (SSSR count). The van der Waals surface area contributed by atoms with Crippen LogP contribution in [0.1, 0.15) is 6.92 Å². The van der Waals surface area contributed by atoms with Gasteiger partial charge in [0, 0.05) is 31.1 Å². The van der Waals surface area contributed by atoms with Crippen molar-refractivity contribution in [1.82, 2.24) is 10.3 Å². The van der Waals surface area contributed by atoms with Gasteiger partial charge >= 0.3 is 0 Å². The van der Waals surface area contributed by atoms with E-state index in [1.165, 1.54) is 0 Å². The van der Waals surface area contributed by atoms with E-state index in [1.807, 2.05) is 24.3 Å². The molecule has 0 bridgehead atoms. The maximum atomic E-state index is 12.9. The highest BCUT2D eigenvalue weighted by Gasteiger charge is 2.23. The molecular formula is C20H21N3O2S. The van der Waals surface area contributed by atoms with Crippen LogP contribution in [-0.4, -0.2) is 39.1 Å². The predicted octanol–water partition coefficient (Wildman–Crippen LogP) is 2.87. The number of pyridine rings is 1. The van der Waals surface area contributed by atoms with E-state index in [-0.39, 0.29) is 9.92 Å². The summed E-state index contributed by atoms with van der Waals surface area (Å²) >= 11 is 0. The predicted molar refractivity (Wildman–Crippen MR) is 103 cm³/mol. The Morgan fingerprint density at radius 1 is 1.04 bits per heavy atom. The van der Waals surface area contributed by atoms with Crippen LogP contribution in [0.25, 0.3) is 10.9 Å². The smallest absolute Gasteiger partial charge is 0.223 e. The molecule has 0 amide bonds. The zero-order chi connectivity index (χ0) is 18.1. The van der Waals surface area contributed by atoms with Crippen LogP contribution in [0.4, 0.5) is 5.69 Å². The number of hydrogen-bond donors (Lipinski definition) is 1. The van der Waals surface area contributed by atoms with Crippen LogP contribution in [0.2, 0.25) is 0 Å². The van der Waals surface area contributed by atoms with Crippen molar-refractivity contribution in [3.05, 3.63) is 60.7 Å². The van der Waals surface area contributed by atoms with Crippen LogP contribution < -0.4 is 10.2 Å². The van der Waals surface area contributed by atoms with Crippen molar-refractivity contribution < 1.29 is 8.42 Å². The summed E-state index contributed by atoms with van der Waals surface area (Å²) in [6, 6.07) is 18.2. The van der Waals surface area contributed by atoms with Crippen molar-refractivity contribution in [3.8, 4) is 0 Å². The topological polar surface area (TPSA) is 62.3 Å². The van der Waals surface area contributed by atoms with Crippen molar-refractivity contribution in [3.63, 3.8) is 0 Å². The van der Waals surface area contributed by atoms with Gasteiger partial charge in [0.05, 0.1) is 16.1 Å². The van der Waals surface area contributed by atoms with Crippen molar-refractivity contribution in [2.75, 3.05) is 24.5 Å². The van der Waals surface area contributed by atoms with E-state index in [0.29, 0.717) is 6.04 Å². The molecule has 1 unspecified atom stereocenters. The van der Waals surface area contributed by atoms with Gasteiger partial charge in [-0.2, -0.15) is 0 Å². The molecule has 5 nitrogen and oxygen atoms in total. The first kappa shape index (κ1) is 17.0. The number of fused-ring (bicyclic) bond motifs is 1. The van der Waals surface area contributed by atoms with Gasteiger partial charge in [-0.1, -0.05) is 30.3 Å². The van der Waals surface area contributed by atoms with Crippen molar-refractivity contribution in [2.45, 2.75) is 22.9 Å². The fraction of sp³-hybridized carbons (Fsp3) is 0.250. The molecular weight excluding hydrogens is 346 g/mol. The molecule has 1 saturated heterocycles. The van der Waals surface area contributed by atoms with Crippen LogP contribution in [0.15, 0.2) is 70.6 Å². The van der Waals surface area contributed by atoms with Crippen LogP contribution >= 0.6 is 0 Å². The van der Waals surface area contributed by atoms with Crippen molar-refractivity contribution >= 4 is 26.4 Å². The van der Waals surface area contributed by atoms with Crippen molar-refractivity contribution in [2.24, 2.45) is 0 Å². The largest absolute Gasteiger partial charge is 0.365 e. The van der Waals surface area contributed by atoms with Gasteiger partial charge in [0.15, 0.2) is 5.03 Å². The normalized spacial score (nSPS) is 18.2. The van der Waals surface area contributed by atoms with Gasteiger partial charge in [0.25, 0.3) is 0 Å². The van der Waals surface area contributed by atoms with Gasteiger partial charge in [-0.15, -0.1) is 0 Å². The molecule has 134 valence electrons. The van der Waals surface area contributed by atoms with E-state index >= 15 is 0 Å². The van der Waals surface area contributed by atoms with Gasteiger partial charge in [-0.3, -0.25) is 0 Å². The average Bonchev–Trinajstić information content (AvgIpc) is 2.68. The molecule has 1 aromatic heterocycles. The number of rotatable bonds is 3. The average molecular weight is 367 g/mol. The summed E-state index contributed by atoms with van der Waals surface area (Å²) in [5.41, 5.74) is 1.72. The van der Waals surface area contributed by atoms with Gasteiger partial charge in [-0.05, 0) is 37.3 Å². The fourth-order valence-corrected chi connectivity index (χ4v) is 4.63. The van der Waals surface area contributed by atoms with E-state index in [2.05, 4.69) is 22.1 Å². The number of aromatic nitrogens is 1. The molecule has 0 radical (unpaired) electrons. The van der Waals surface area contributed by atoms with Gasteiger partial charge in [0.2, 0.25) is 9.84 Å². The molecule has 2 aromatic carbocycles. The van der Waals surface area contributed by atoms with E-state index in [4.69, 9.17) is 0 Å². The monoisotopic (exact) mass is 367 g/mol. The zero-order valence-corrected chi connectivity index (χ0v) is 15.4. The first-order chi connectivity index (χ1) is 12.6. The molecule has 0 aliphatic carbocycles. The second-order valence-corrected chi connectivity index (χ2v) is 8.46. The second kappa shape index (κ2) is 6.70. The minimum Gasteiger partial charge on any atom is -0.365 e. The lowest BCUT2D eigenvalue weighted by Crippen LogP contribution is -2.50. The Bertz CT molecular complexity index is 1040. The summed E-state index contributed by atoms with van der Waals surface area (Å²) in [5, 5.41) is 4.42. The summed E-state index contributed by atoms with van der Waals surface area (Å²) < 4.78 is 25.9. The minimum atomic E-state index is -3.63. The molecule has 26 heavy (non-hydrogen) atoms. The van der Waals surface area contributed by atoms with Crippen molar-refractivity contribution in [1.29, 1.82) is 0 Å². The third-order valence-corrected chi connectivity index (χ3v) is 6.48. The molecule has 1 N–H and O–H groups in total. The van der Waals surface area contributed by atoms with Gasteiger partial charge in [0.1, 0.15) is 0 Å². The molecule has 1 aliphatic heterocycles. The van der Waals surface area contributed by atoms with Crippen LogP contribution in [-0.2, 0) is 9.84 Å². The Balaban J connectivity index is 1.86. The Morgan fingerprint density at radius 2 is 1.85 bits per heavy atom. The lowest BCUT2D eigenvalue weighted by atomic mass is 10.1. The van der Waals surface area contributed by atoms with E-state index in [1.54, 1.807) is 36.4 Å². The maximum Gasteiger partial charge on any atom is 0.223 e. The molecule has 1 atom stereocenters. The molecule has 1 aliphatic rings. The lowest BCUT2D eigenvalue weighted by Gasteiger charge is -2.36. The first-order valence-electron chi connectivity index (χ1n) is 8.74. The molecule has 6 heteroatoms. The van der Waals surface area contributed by atoms with E-state index in [0.717, 1.165) is 36.2 Å². The Hall–Kier alpha value is -2.44. The number of hydrogen-bond acceptors (Lipinski definition) is 5. The SMILES string of the molecule is CC1CNCCN1c1cccc2ccc(S(=O)(=O)c3ccccc3)nc12. The quantitative estimate of drug-likeness (QED) is 0.771. The van der Waals surface area contributed by atoms with Crippen LogP contribution in [0.5, 0.6) is 0 Å². The first-order valence-corrected chi connectivity index (χ1v) is 10.2. The van der Waals surface area contributed by atoms with Crippen LogP contribution in [0, 0.1) is 0 Å². The number of benzene rings is 2. The molecule has 0 saturated carbocycles. The number of anilines is 1. The Labute approximate surface area is 153 Å². The molecule has 3 aromatic rings. The van der Waals surface area contributed by atoms with Gasteiger partial charge in [-0.25, -0.2) is 13.4 Å². The highest BCUT2D eigenvalue weighted by molar-refractivity contribution is 7.91. The minimum absolute atomic E-state index is 0.0893. The summed E-state index contributed by atoms with van der Waals surface area (Å²) in [6.45, 7) is 4.84. The lowest BCUT2D eigenvalue weighted by molar-refractivity contribution is 0.501. The molecule has 1 fully saturated rings. The number of nitrogens with zero attached hydrogens (tertiary/aromatic N) is 2. The third kappa shape index (κ3) is 2.95. The summed E-state index contributed by atoms with van der Waals surface area (Å²) in [7, 11) is -3.63. The number of piperazine rings is 1. The second-order valence-electron chi connectivity index (χ2n) is 6.56. The third-order valence-electron chi connectivity index (χ3n) is 4.81. The highest BCUT2D eigenvalue weighted by Crippen LogP contribution is 2.29. The maximum absolute atomic E-state index is 12.9. The number of nitrogens with one attached hydrogen (secondary N) is 1. The van der Waals surface area contributed by atoms with Crippen LogP contribution in [0.3, 0.4) is 0 Å². The Morgan fingerprint density at radius 3 is 2.62 bits per heavy atom. The summed E-state index contributed by atoms with van der Waals surface area (Å²) in [5.74, 6) is 0. The fourth-order valence-electron chi connectivity index (χ4n) is 3.41. The van der Waals surface area contributed by atoms with E-state index in [9.17, 15) is 8.42 Å². The number of para-hydroxylation sites is 1. The highest BCUT2D eigenvalue weighted by atomic mass is 32.2. The number of sulfone groups is 1. The standard InChI is InChI=1S/C20H21N3O2S/c1-15-14-21-12-13-23(15)18-9-5-6-16-10-11-19(22-20(16)18)26(24,25)17-7-3-2-4-8-17/h2-11,15,21H,12-14H2,1H3.